The quantitative estimate of drug-likeness (QED) is 0.0269. The van der Waals surface area contributed by atoms with Gasteiger partial charge in [0.1, 0.15) is 13.2 Å². The summed E-state index contributed by atoms with van der Waals surface area (Å²) >= 11 is 0. The van der Waals surface area contributed by atoms with Gasteiger partial charge in [0.15, 0.2) is 6.10 Å². The summed E-state index contributed by atoms with van der Waals surface area (Å²) in [5.41, 5.74) is 0. The fourth-order valence-electron chi connectivity index (χ4n) is 6.10. The smallest absolute Gasteiger partial charge is 0.306 e. The Bertz CT molecular complexity index is 907. The molecule has 0 heterocycles. The summed E-state index contributed by atoms with van der Waals surface area (Å²) in [6.07, 6.45) is 46.9. The summed E-state index contributed by atoms with van der Waals surface area (Å²) < 4.78 is 16.7. The maximum atomic E-state index is 12.7. The number of unbranched alkanes of at least 4 members (excludes halogenated alkanes) is 23. The third-order valence-corrected chi connectivity index (χ3v) is 9.59. The van der Waals surface area contributed by atoms with Crippen LogP contribution in [0.25, 0.3) is 0 Å². The molecule has 0 rings (SSSR count). The zero-order chi connectivity index (χ0) is 38.7. The molecule has 0 amide bonds. The molecule has 0 bridgehead atoms. The first-order valence-electron chi connectivity index (χ1n) is 22.5. The first kappa shape index (κ1) is 50.6. The van der Waals surface area contributed by atoms with Crippen molar-refractivity contribution in [1.29, 1.82) is 0 Å². The lowest BCUT2D eigenvalue weighted by molar-refractivity contribution is -0.167. The van der Waals surface area contributed by atoms with E-state index in [4.69, 9.17) is 14.2 Å². The highest BCUT2D eigenvalue weighted by Crippen LogP contribution is 2.13. The molecule has 0 aromatic heterocycles. The lowest BCUT2D eigenvalue weighted by Crippen LogP contribution is -2.30. The molecular formula is C47H84O6. The topological polar surface area (TPSA) is 78.9 Å². The largest absolute Gasteiger partial charge is 0.462 e. The van der Waals surface area contributed by atoms with Crippen molar-refractivity contribution in [2.45, 2.75) is 232 Å². The molecule has 53 heavy (non-hydrogen) atoms. The SMILES string of the molecule is CCCC/C=C\CCCCCCCC(=O)OCC(COC(=O)CCCCCCC/C=C\CCCCCC)OC(=O)CCCCCCC/C=C\CCCC. The van der Waals surface area contributed by atoms with E-state index in [0.29, 0.717) is 19.3 Å². The number of carbonyl (C=O) groups excluding carboxylic acids is 3. The molecule has 0 aliphatic rings. The van der Waals surface area contributed by atoms with Gasteiger partial charge in [-0.2, -0.15) is 0 Å². The zero-order valence-corrected chi connectivity index (χ0v) is 35.0. The van der Waals surface area contributed by atoms with Crippen LogP contribution in [0.5, 0.6) is 0 Å². The summed E-state index contributed by atoms with van der Waals surface area (Å²) in [7, 11) is 0. The predicted molar refractivity (Wildman–Crippen MR) is 224 cm³/mol. The van der Waals surface area contributed by atoms with Gasteiger partial charge in [-0.25, -0.2) is 0 Å². The zero-order valence-electron chi connectivity index (χ0n) is 35.0. The number of hydrogen-bond acceptors (Lipinski definition) is 6. The second-order valence-electron chi connectivity index (χ2n) is 14.9. The highest BCUT2D eigenvalue weighted by atomic mass is 16.6. The van der Waals surface area contributed by atoms with Crippen LogP contribution in [-0.2, 0) is 28.6 Å². The van der Waals surface area contributed by atoms with Gasteiger partial charge in [-0.3, -0.25) is 14.4 Å². The van der Waals surface area contributed by atoms with E-state index < -0.39 is 6.10 Å². The van der Waals surface area contributed by atoms with Crippen molar-refractivity contribution in [2.75, 3.05) is 13.2 Å². The molecule has 1 unspecified atom stereocenters. The molecule has 0 spiro atoms. The monoisotopic (exact) mass is 745 g/mol. The molecule has 0 aliphatic heterocycles. The van der Waals surface area contributed by atoms with Crippen molar-refractivity contribution in [3.63, 3.8) is 0 Å². The second-order valence-corrected chi connectivity index (χ2v) is 14.9. The van der Waals surface area contributed by atoms with E-state index in [1.807, 2.05) is 0 Å². The van der Waals surface area contributed by atoms with E-state index in [1.54, 1.807) is 0 Å². The predicted octanol–water partition coefficient (Wildman–Crippen LogP) is 14.2. The van der Waals surface area contributed by atoms with Crippen LogP contribution in [0.4, 0.5) is 0 Å². The minimum absolute atomic E-state index is 0.0820. The van der Waals surface area contributed by atoms with Crippen LogP contribution < -0.4 is 0 Å². The van der Waals surface area contributed by atoms with E-state index in [1.165, 1.54) is 103 Å². The van der Waals surface area contributed by atoms with E-state index in [-0.39, 0.29) is 31.1 Å². The Balaban J connectivity index is 4.40. The van der Waals surface area contributed by atoms with E-state index in [2.05, 4.69) is 57.2 Å². The number of carbonyl (C=O) groups is 3. The minimum atomic E-state index is -0.778. The number of allylic oxidation sites excluding steroid dienone is 6. The van der Waals surface area contributed by atoms with Gasteiger partial charge >= 0.3 is 17.9 Å². The molecule has 0 radical (unpaired) electrons. The van der Waals surface area contributed by atoms with Crippen LogP contribution in [0, 0.1) is 0 Å². The first-order valence-corrected chi connectivity index (χ1v) is 22.5. The van der Waals surface area contributed by atoms with Crippen LogP contribution in [-0.4, -0.2) is 37.2 Å². The molecule has 6 nitrogen and oxygen atoms in total. The Labute approximate surface area is 327 Å². The molecular weight excluding hydrogens is 661 g/mol. The molecule has 0 saturated heterocycles. The van der Waals surface area contributed by atoms with Gasteiger partial charge < -0.3 is 14.2 Å². The van der Waals surface area contributed by atoms with Crippen LogP contribution >= 0.6 is 0 Å². The molecule has 0 aromatic rings. The van der Waals surface area contributed by atoms with Crippen molar-refractivity contribution in [3.05, 3.63) is 36.5 Å². The van der Waals surface area contributed by atoms with Crippen molar-refractivity contribution >= 4 is 17.9 Å². The van der Waals surface area contributed by atoms with Crippen molar-refractivity contribution in [1.82, 2.24) is 0 Å². The van der Waals surface area contributed by atoms with Gasteiger partial charge in [-0.1, -0.05) is 160 Å². The van der Waals surface area contributed by atoms with Crippen molar-refractivity contribution < 1.29 is 28.6 Å². The average molecular weight is 745 g/mol. The number of hydrogen-bond donors (Lipinski definition) is 0. The molecule has 6 heteroatoms. The summed E-state index contributed by atoms with van der Waals surface area (Å²) in [6, 6.07) is 0. The van der Waals surface area contributed by atoms with E-state index >= 15 is 0 Å². The van der Waals surface area contributed by atoms with Gasteiger partial charge in [0.25, 0.3) is 0 Å². The lowest BCUT2D eigenvalue weighted by atomic mass is 10.1. The fourth-order valence-corrected chi connectivity index (χ4v) is 6.10. The first-order chi connectivity index (χ1) is 26.0. The normalized spacial score (nSPS) is 12.3. The van der Waals surface area contributed by atoms with Crippen LogP contribution in [0.1, 0.15) is 226 Å². The van der Waals surface area contributed by atoms with Crippen molar-refractivity contribution in [2.24, 2.45) is 0 Å². The molecule has 1 atom stereocenters. The van der Waals surface area contributed by atoms with Gasteiger partial charge in [0.05, 0.1) is 0 Å². The summed E-state index contributed by atoms with van der Waals surface area (Å²) in [5, 5.41) is 0. The number of esters is 3. The van der Waals surface area contributed by atoms with Gasteiger partial charge in [0.2, 0.25) is 0 Å². The molecule has 0 aliphatic carbocycles. The van der Waals surface area contributed by atoms with Gasteiger partial charge in [-0.05, 0) is 83.5 Å². The van der Waals surface area contributed by atoms with Crippen LogP contribution in [0.15, 0.2) is 36.5 Å². The molecule has 0 fully saturated rings. The summed E-state index contributed by atoms with van der Waals surface area (Å²) in [4.78, 5) is 37.7. The van der Waals surface area contributed by atoms with E-state index in [9.17, 15) is 14.4 Å². The van der Waals surface area contributed by atoms with Crippen molar-refractivity contribution in [3.8, 4) is 0 Å². The third-order valence-electron chi connectivity index (χ3n) is 9.59. The molecule has 0 saturated carbocycles. The molecule has 308 valence electrons. The lowest BCUT2D eigenvalue weighted by Gasteiger charge is -2.18. The average Bonchev–Trinajstić information content (AvgIpc) is 3.15. The maximum Gasteiger partial charge on any atom is 0.306 e. The van der Waals surface area contributed by atoms with Crippen LogP contribution in [0.2, 0.25) is 0 Å². The fraction of sp³-hybridized carbons (Fsp3) is 0.809. The Hall–Kier alpha value is -2.37. The standard InChI is InChI=1S/C47H84O6/c1-4-7-10-13-16-19-22-23-26-28-31-34-37-40-46(49)52-43-44(53-47(50)41-38-35-32-29-25-21-18-15-12-9-6-3)42-51-45(48)39-36-33-30-27-24-20-17-14-11-8-5-2/h14-15,17-19,22,44H,4-13,16,20-21,23-43H2,1-3H3/b17-14-,18-15-,22-19-. The molecule has 0 aromatic carbocycles. The Morgan fingerprint density at radius 2 is 0.642 bits per heavy atom. The summed E-state index contributed by atoms with van der Waals surface area (Å²) in [6.45, 7) is 6.51. The highest BCUT2D eigenvalue weighted by Gasteiger charge is 2.19. The second kappa shape index (κ2) is 42.4. The summed E-state index contributed by atoms with van der Waals surface area (Å²) in [5.74, 6) is -0.911. The van der Waals surface area contributed by atoms with Gasteiger partial charge in [0, 0.05) is 19.3 Å². The minimum Gasteiger partial charge on any atom is -0.462 e. The Morgan fingerprint density at radius 1 is 0.358 bits per heavy atom. The third kappa shape index (κ3) is 40.6. The maximum absolute atomic E-state index is 12.7. The molecule has 0 N–H and O–H groups in total. The number of ether oxygens (including phenoxy) is 3. The highest BCUT2D eigenvalue weighted by molar-refractivity contribution is 5.71. The Kier molecular flexibility index (Phi) is 40.5. The van der Waals surface area contributed by atoms with E-state index in [0.717, 1.165) is 83.5 Å². The Morgan fingerprint density at radius 3 is 1.00 bits per heavy atom. The van der Waals surface area contributed by atoms with Gasteiger partial charge in [-0.15, -0.1) is 0 Å². The number of rotatable bonds is 40. The van der Waals surface area contributed by atoms with Crippen LogP contribution in [0.3, 0.4) is 0 Å².